The average Bonchev–Trinajstić information content (AvgIpc) is 2.59. The lowest BCUT2D eigenvalue weighted by molar-refractivity contribution is 0.280. The van der Waals surface area contributed by atoms with Crippen LogP contribution in [0.5, 0.6) is 5.75 Å². The molecule has 0 aliphatic rings. The van der Waals surface area contributed by atoms with Crippen molar-refractivity contribution < 1.29 is 10.2 Å². The first-order valence-electron chi connectivity index (χ1n) is 7.54. The van der Waals surface area contributed by atoms with Crippen molar-refractivity contribution in [2.75, 3.05) is 5.43 Å². The highest BCUT2D eigenvalue weighted by atomic mass is 16.3. The number of anilines is 1. The molecule has 0 aliphatic heterocycles. The molecule has 0 unspecified atom stereocenters. The minimum absolute atomic E-state index is 0.00903. The SMILES string of the molecule is Cc1ncc(CO)c(/C=N/Nc2cc(C)c3ccccc3n2)c1O. The lowest BCUT2D eigenvalue weighted by Gasteiger charge is -2.08. The minimum atomic E-state index is -0.227. The molecular formula is C18H18N4O2. The molecule has 2 heterocycles. The third-order valence-corrected chi connectivity index (χ3v) is 3.82. The van der Waals surface area contributed by atoms with Crippen LogP contribution in [0.3, 0.4) is 0 Å². The van der Waals surface area contributed by atoms with Crippen molar-refractivity contribution in [2.24, 2.45) is 5.10 Å². The van der Waals surface area contributed by atoms with E-state index in [2.05, 4.69) is 20.5 Å². The fourth-order valence-electron chi connectivity index (χ4n) is 2.49. The molecule has 0 atom stereocenters. The molecule has 0 radical (unpaired) electrons. The topological polar surface area (TPSA) is 90.6 Å². The van der Waals surface area contributed by atoms with Crippen molar-refractivity contribution in [1.29, 1.82) is 0 Å². The van der Waals surface area contributed by atoms with Crippen LogP contribution in [0.25, 0.3) is 10.9 Å². The fourth-order valence-corrected chi connectivity index (χ4v) is 2.49. The van der Waals surface area contributed by atoms with Crippen LogP contribution >= 0.6 is 0 Å². The second-order valence-corrected chi connectivity index (χ2v) is 5.50. The van der Waals surface area contributed by atoms with Gasteiger partial charge >= 0.3 is 0 Å². The number of fused-ring (bicyclic) bond motifs is 1. The van der Waals surface area contributed by atoms with E-state index in [4.69, 9.17) is 0 Å². The molecule has 2 aromatic heterocycles. The molecule has 3 aromatic rings. The van der Waals surface area contributed by atoms with Crippen LogP contribution in [0.4, 0.5) is 5.82 Å². The molecule has 0 fully saturated rings. The van der Waals surface area contributed by atoms with Gasteiger partial charge in [0.2, 0.25) is 0 Å². The predicted molar refractivity (Wildman–Crippen MR) is 94.3 cm³/mol. The Kier molecular flexibility index (Phi) is 4.39. The van der Waals surface area contributed by atoms with Gasteiger partial charge in [0, 0.05) is 22.7 Å². The summed E-state index contributed by atoms with van der Waals surface area (Å²) in [7, 11) is 0. The van der Waals surface area contributed by atoms with Gasteiger partial charge < -0.3 is 10.2 Å². The maximum Gasteiger partial charge on any atom is 0.147 e. The highest BCUT2D eigenvalue weighted by Gasteiger charge is 2.09. The zero-order valence-electron chi connectivity index (χ0n) is 13.5. The summed E-state index contributed by atoms with van der Waals surface area (Å²) in [5, 5.41) is 24.7. The number of rotatable bonds is 4. The second kappa shape index (κ2) is 6.64. The largest absolute Gasteiger partial charge is 0.505 e. The third kappa shape index (κ3) is 3.04. The van der Waals surface area contributed by atoms with E-state index >= 15 is 0 Å². The first-order chi connectivity index (χ1) is 11.6. The van der Waals surface area contributed by atoms with E-state index in [1.807, 2.05) is 37.3 Å². The standard InChI is InChI=1S/C18H18N4O2/c1-11-7-17(21-16-6-4-3-5-14(11)16)22-20-9-15-13(10-23)8-19-12(2)18(15)24/h3-9,23-24H,10H2,1-2H3,(H,21,22)/b20-9+. The smallest absolute Gasteiger partial charge is 0.147 e. The summed E-state index contributed by atoms with van der Waals surface area (Å²) >= 11 is 0. The molecule has 0 aliphatic carbocycles. The summed E-state index contributed by atoms with van der Waals surface area (Å²) in [6.07, 6.45) is 2.98. The van der Waals surface area contributed by atoms with Gasteiger partial charge in [-0.15, -0.1) is 0 Å². The van der Waals surface area contributed by atoms with Crippen LogP contribution in [-0.2, 0) is 6.61 Å². The Morgan fingerprint density at radius 1 is 1.25 bits per heavy atom. The van der Waals surface area contributed by atoms with Crippen LogP contribution in [0.15, 0.2) is 41.6 Å². The third-order valence-electron chi connectivity index (χ3n) is 3.82. The quantitative estimate of drug-likeness (QED) is 0.507. The monoisotopic (exact) mass is 322 g/mol. The summed E-state index contributed by atoms with van der Waals surface area (Å²) < 4.78 is 0. The summed E-state index contributed by atoms with van der Waals surface area (Å²) in [6.45, 7) is 3.48. The number of aliphatic hydroxyl groups excluding tert-OH is 1. The number of hydrogen-bond donors (Lipinski definition) is 3. The van der Waals surface area contributed by atoms with E-state index in [0.717, 1.165) is 16.5 Å². The molecule has 0 saturated heterocycles. The van der Waals surface area contributed by atoms with Crippen molar-refractivity contribution in [3.8, 4) is 5.75 Å². The molecule has 6 heteroatoms. The number of nitrogens with zero attached hydrogens (tertiary/aromatic N) is 3. The number of aliphatic hydroxyl groups is 1. The van der Waals surface area contributed by atoms with Crippen LogP contribution in [0.2, 0.25) is 0 Å². The highest BCUT2D eigenvalue weighted by Crippen LogP contribution is 2.22. The first-order valence-corrected chi connectivity index (χ1v) is 7.54. The van der Waals surface area contributed by atoms with Crippen molar-refractivity contribution in [3.63, 3.8) is 0 Å². The van der Waals surface area contributed by atoms with Gasteiger partial charge in [0.15, 0.2) is 0 Å². The van der Waals surface area contributed by atoms with Gasteiger partial charge in [-0.25, -0.2) is 4.98 Å². The van der Waals surface area contributed by atoms with Gasteiger partial charge in [0.25, 0.3) is 0 Å². The van der Waals surface area contributed by atoms with Crippen LogP contribution in [0.1, 0.15) is 22.4 Å². The van der Waals surface area contributed by atoms with Crippen molar-refractivity contribution in [2.45, 2.75) is 20.5 Å². The number of benzene rings is 1. The number of aromatic hydroxyl groups is 1. The number of aryl methyl sites for hydroxylation is 2. The number of hydrogen-bond acceptors (Lipinski definition) is 6. The molecular weight excluding hydrogens is 304 g/mol. The number of aromatic nitrogens is 2. The number of nitrogens with one attached hydrogen (secondary N) is 1. The Morgan fingerprint density at radius 2 is 2.04 bits per heavy atom. The average molecular weight is 322 g/mol. The Hall–Kier alpha value is -2.99. The summed E-state index contributed by atoms with van der Waals surface area (Å²) in [4.78, 5) is 8.52. The zero-order chi connectivity index (χ0) is 17.1. The van der Waals surface area contributed by atoms with Gasteiger partial charge in [-0.05, 0) is 31.5 Å². The van der Waals surface area contributed by atoms with E-state index in [0.29, 0.717) is 22.6 Å². The first kappa shape index (κ1) is 15.9. The molecule has 0 bridgehead atoms. The number of hydrazone groups is 1. The normalized spacial score (nSPS) is 11.3. The lowest BCUT2D eigenvalue weighted by atomic mass is 10.1. The van der Waals surface area contributed by atoms with E-state index in [1.165, 1.54) is 12.4 Å². The Morgan fingerprint density at radius 3 is 2.83 bits per heavy atom. The summed E-state index contributed by atoms with van der Waals surface area (Å²) in [5.41, 5.74) is 6.27. The molecule has 3 N–H and O–H groups in total. The van der Waals surface area contributed by atoms with Crippen LogP contribution < -0.4 is 5.43 Å². The van der Waals surface area contributed by atoms with Crippen molar-refractivity contribution >= 4 is 22.9 Å². The van der Waals surface area contributed by atoms with E-state index < -0.39 is 0 Å². The van der Waals surface area contributed by atoms with E-state index in [9.17, 15) is 10.2 Å². The van der Waals surface area contributed by atoms with E-state index in [-0.39, 0.29) is 12.4 Å². The Balaban J connectivity index is 1.89. The molecule has 3 rings (SSSR count). The van der Waals surface area contributed by atoms with E-state index in [1.54, 1.807) is 6.92 Å². The zero-order valence-corrected chi connectivity index (χ0v) is 13.5. The summed E-state index contributed by atoms with van der Waals surface area (Å²) in [6, 6.07) is 9.79. The van der Waals surface area contributed by atoms with Gasteiger partial charge in [-0.1, -0.05) is 18.2 Å². The highest BCUT2D eigenvalue weighted by molar-refractivity contribution is 5.87. The van der Waals surface area contributed by atoms with Crippen LogP contribution in [0, 0.1) is 13.8 Å². The van der Waals surface area contributed by atoms with Crippen molar-refractivity contribution in [1.82, 2.24) is 9.97 Å². The molecule has 1 aromatic carbocycles. The molecule has 0 saturated carbocycles. The van der Waals surface area contributed by atoms with Gasteiger partial charge in [0.1, 0.15) is 11.6 Å². The number of para-hydroxylation sites is 1. The second-order valence-electron chi connectivity index (χ2n) is 5.50. The van der Waals surface area contributed by atoms with Crippen LogP contribution in [-0.4, -0.2) is 26.4 Å². The Bertz CT molecular complexity index is 922. The van der Waals surface area contributed by atoms with Gasteiger partial charge in [-0.2, -0.15) is 5.10 Å². The fraction of sp³-hybridized carbons (Fsp3) is 0.167. The van der Waals surface area contributed by atoms with Gasteiger partial charge in [0.05, 0.1) is 24.0 Å². The maximum absolute atomic E-state index is 10.1. The maximum atomic E-state index is 10.1. The number of pyridine rings is 2. The minimum Gasteiger partial charge on any atom is -0.505 e. The lowest BCUT2D eigenvalue weighted by Crippen LogP contribution is -2.00. The molecule has 24 heavy (non-hydrogen) atoms. The molecule has 0 amide bonds. The van der Waals surface area contributed by atoms with Gasteiger partial charge in [-0.3, -0.25) is 10.4 Å². The molecule has 122 valence electrons. The molecule has 6 nitrogen and oxygen atoms in total. The summed E-state index contributed by atoms with van der Waals surface area (Å²) in [5.74, 6) is 0.619. The molecule has 0 spiro atoms. The predicted octanol–water partition coefficient (Wildman–Crippen LogP) is 2.89. The Labute approximate surface area is 139 Å². The van der Waals surface area contributed by atoms with Crippen molar-refractivity contribution in [3.05, 3.63) is 58.9 Å².